The van der Waals surface area contributed by atoms with Crippen molar-refractivity contribution in [2.75, 3.05) is 7.05 Å². The second-order valence-corrected chi connectivity index (χ2v) is 2.63. The van der Waals surface area contributed by atoms with E-state index in [1.807, 2.05) is 6.08 Å². The quantitative estimate of drug-likeness (QED) is 0.680. The van der Waals surface area contributed by atoms with Crippen molar-refractivity contribution in [3.8, 4) is 0 Å². The molecule has 0 fully saturated rings. The van der Waals surface area contributed by atoms with E-state index in [4.69, 9.17) is 0 Å². The van der Waals surface area contributed by atoms with Crippen LogP contribution in [0.15, 0.2) is 24.8 Å². The largest absolute Gasteiger partial charge is 0.333 e. The average Bonchev–Trinajstić information content (AvgIpc) is 2.06. The van der Waals surface area contributed by atoms with Crippen LogP contribution in [-0.4, -0.2) is 7.05 Å². The lowest BCUT2D eigenvalue weighted by molar-refractivity contribution is 1.37. The number of hydrogen-bond donors (Lipinski definition) is 1. The summed E-state index contributed by atoms with van der Waals surface area (Å²) in [5.74, 6) is 0. The molecule has 0 unspecified atom stereocenters. The van der Waals surface area contributed by atoms with Crippen LogP contribution in [-0.2, 0) is 0 Å². The van der Waals surface area contributed by atoms with Gasteiger partial charge in [-0.3, -0.25) is 0 Å². The fourth-order valence-electron chi connectivity index (χ4n) is 1.13. The Morgan fingerprint density at radius 3 is 1.92 bits per heavy atom. The zero-order valence-corrected chi connectivity index (χ0v) is 8.09. The van der Waals surface area contributed by atoms with Crippen molar-refractivity contribution in [1.82, 2.24) is 0 Å². The average molecular weight is 165 g/mol. The maximum atomic E-state index is 4.50. The highest BCUT2D eigenvalue weighted by molar-refractivity contribution is 5.49. The third-order valence-corrected chi connectivity index (χ3v) is 1.48. The molecule has 0 radical (unpaired) electrons. The SMILES string of the molecule is C=Cc1cc(C)cc(C)c1.CN.[HH]. The third kappa shape index (κ3) is 3.35. The molecule has 0 aromatic heterocycles. The lowest BCUT2D eigenvalue weighted by atomic mass is 10.1. The van der Waals surface area contributed by atoms with Gasteiger partial charge in [-0.05, 0) is 26.5 Å². The molecule has 1 nitrogen and oxygen atoms in total. The maximum absolute atomic E-state index is 4.50. The first-order chi connectivity index (χ1) is 5.72. The Balaban J connectivity index is 0. The number of rotatable bonds is 1. The summed E-state index contributed by atoms with van der Waals surface area (Å²) in [6.45, 7) is 7.91. The van der Waals surface area contributed by atoms with Gasteiger partial charge in [-0.15, -0.1) is 0 Å². The second-order valence-electron chi connectivity index (χ2n) is 2.63. The minimum absolute atomic E-state index is 0. The molecular weight excluding hydrogens is 146 g/mol. The standard InChI is InChI=1S/C10H12.CH5N.H2/c1-4-10-6-8(2)5-9(3)7-10;1-2;/h4-7H,1H2,2-3H3;2H2,1H3;1H. The fraction of sp³-hybridized carbons (Fsp3) is 0.273. The smallest absolute Gasteiger partial charge is 0 e. The number of aryl methyl sites for hydroxylation is 2. The molecule has 0 spiro atoms. The molecule has 12 heavy (non-hydrogen) atoms. The highest BCUT2D eigenvalue weighted by Gasteiger charge is 1.89. The topological polar surface area (TPSA) is 26.0 Å². The van der Waals surface area contributed by atoms with Gasteiger partial charge in [-0.25, -0.2) is 0 Å². The molecule has 0 aliphatic heterocycles. The normalized spacial score (nSPS) is 8.33. The van der Waals surface area contributed by atoms with E-state index in [1.165, 1.54) is 23.7 Å². The maximum Gasteiger partial charge on any atom is 0 e. The Morgan fingerprint density at radius 2 is 1.58 bits per heavy atom. The zero-order valence-electron chi connectivity index (χ0n) is 8.09. The van der Waals surface area contributed by atoms with Crippen molar-refractivity contribution >= 4 is 6.08 Å². The third-order valence-electron chi connectivity index (χ3n) is 1.48. The van der Waals surface area contributed by atoms with Gasteiger partial charge in [0.1, 0.15) is 0 Å². The molecule has 1 aromatic rings. The fourth-order valence-corrected chi connectivity index (χ4v) is 1.13. The van der Waals surface area contributed by atoms with Crippen LogP contribution in [0.25, 0.3) is 6.08 Å². The van der Waals surface area contributed by atoms with E-state index in [0.29, 0.717) is 0 Å². The van der Waals surface area contributed by atoms with Crippen molar-refractivity contribution in [1.29, 1.82) is 0 Å². The summed E-state index contributed by atoms with van der Waals surface area (Å²) in [5.41, 5.74) is 8.31. The second kappa shape index (κ2) is 5.56. The first-order valence-corrected chi connectivity index (χ1v) is 4.01. The minimum Gasteiger partial charge on any atom is -0.333 e. The van der Waals surface area contributed by atoms with Crippen LogP contribution in [0.2, 0.25) is 0 Å². The molecule has 2 N–H and O–H groups in total. The number of benzene rings is 1. The van der Waals surface area contributed by atoms with E-state index in [9.17, 15) is 0 Å². The van der Waals surface area contributed by atoms with Gasteiger partial charge >= 0.3 is 0 Å². The van der Waals surface area contributed by atoms with Crippen LogP contribution in [0.5, 0.6) is 0 Å². The van der Waals surface area contributed by atoms with E-state index in [2.05, 4.69) is 44.4 Å². The van der Waals surface area contributed by atoms with Crippen molar-refractivity contribution in [3.05, 3.63) is 41.5 Å². The van der Waals surface area contributed by atoms with Gasteiger partial charge in [0.15, 0.2) is 0 Å². The molecule has 1 aromatic carbocycles. The summed E-state index contributed by atoms with van der Waals surface area (Å²) in [7, 11) is 1.50. The summed E-state index contributed by atoms with van der Waals surface area (Å²) < 4.78 is 0. The van der Waals surface area contributed by atoms with Crippen LogP contribution < -0.4 is 5.73 Å². The molecule has 1 heteroatoms. The Hall–Kier alpha value is -1.08. The van der Waals surface area contributed by atoms with E-state index in [0.717, 1.165) is 0 Å². The summed E-state index contributed by atoms with van der Waals surface area (Å²) in [5, 5.41) is 0. The Morgan fingerprint density at radius 1 is 1.17 bits per heavy atom. The van der Waals surface area contributed by atoms with E-state index in [1.54, 1.807) is 0 Å². The van der Waals surface area contributed by atoms with E-state index < -0.39 is 0 Å². The molecule has 0 aliphatic carbocycles. The molecule has 0 heterocycles. The van der Waals surface area contributed by atoms with Crippen molar-refractivity contribution in [2.24, 2.45) is 5.73 Å². The summed E-state index contributed by atoms with van der Waals surface area (Å²) in [6.07, 6.45) is 1.88. The Kier molecular flexibility index (Phi) is 5.06. The first kappa shape index (κ1) is 10.9. The van der Waals surface area contributed by atoms with Gasteiger partial charge in [-0.2, -0.15) is 0 Å². The molecular formula is C11H19N. The lowest BCUT2D eigenvalue weighted by Crippen LogP contribution is -1.78. The first-order valence-electron chi connectivity index (χ1n) is 4.01. The minimum atomic E-state index is 0. The molecule has 0 amide bonds. The van der Waals surface area contributed by atoms with Crippen molar-refractivity contribution in [3.63, 3.8) is 0 Å². The van der Waals surface area contributed by atoms with Crippen LogP contribution >= 0.6 is 0 Å². The lowest BCUT2D eigenvalue weighted by Gasteiger charge is -1.97. The van der Waals surface area contributed by atoms with Crippen LogP contribution in [0.3, 0.4) is 0 Å². The Bertz CT molecular complexity index is 236. The summed E-state index contributed by atoms with van der Waals surface area (Å²) in [4.78, 5) is 0. The molecule has 1 rings (SSSR count). The predicted octanol–water partition coefficient (Wildman–Crippen LogP) is 2.77. The van der Waals surface area contributed by atoms with Crippen LogP contribution in [0, 0.1) is 13.8 Å². The van der Waals surface area contributed by atoms with Gasteiger partial charge < -0.3 is 5.73 Å². The van der Waals surface area contributed by atoms with Crippen LogP contribution in [0.1, 0.15) is 18.1 Å². The molecule has 0 atom stereocenters. The molecule has 0 bridgehead atoms. The summed E-state index contributed by atoms with van der Waals surface area (Å²) >= 11 is 0. The van der Waals surface area contributed by atoms with Gasteiger partial charge in [0, 0.05) is 1.43 Å². The van der Waals surface area contributed by atoms with Crippen molar-refractivity contribution < 1.29 is 1.43 Å². The molecule has 0 aliphatic rings. The van der Waals surface area contributed by atoms with Gasteiger partial charge in [0.25, 0.3) is 0 Å². The van der Waals surface area contributed by atoms with Gasteiger partial charge in [0.2, 0.25) is 0 Å². The monoisotopic (exact) mass is 165 g/mol. The highest BCUT2D eigenvalue weighted by atomic mass is 14.4. The summed E-state index contributed by atoms with van der Waals surface area (Å²) in [6, 6.07) is 6.41. The van der Waals surface area contributed by atoms with Crippen molar-refractivity contribution in [2.45, 2.75) is 13.8 Å². The van der Waals surface area contributed by atoms with Gasteiger partial charge in [-0.1, -0.05) is 42.0 Å². The number of nitrogens with two attached hydrogens (primary N) is 1. The number of hydrogen-bond acceptors (Lipinski definition) is 1. The van der Waals surface area contributed by atoms with Crippen LogP contribution in [0.4, 0.5) is 0 Å². The Labute approximate surface area is 76.4 Å². The highest BCUT2D eigenvalue weighted by Crippen LogP contribution is 2.08. The molecule has 0 saturated carbocycles. The predicted molar refractivity (Wildman–Crippen MR) is 58.2 cm³/mol. The zero-order chi connectivity index (χ0) is 9.56. The van der Waals surface area contributed by atoms with E-state index in [-0.39, 0.29) is 1.43 Å². The van der Waals surface area contributed by atoms with E-state index >= 15 is 0 Å². The molecule has 68 valence electrons. The van der Waals surface area contributed by atoms with Gasteiger partial charge in [0.05, 0.1) is 0 Å². The molecule has 0 saturated heterocycles.